The van der Waals surface area contributed by atoms with Crippen LogP contribution in [0.3, 0.4) is 0 Å². The smallest absolute Gasteiger partial charge is 0.125 e. The van der Waals surface area contributed by atoms with Crippen LogP contribution in [0.15, 0.2) is 18.2 Å². The number of hydrogen-bond acceptors (Lipinski definition) is 3. The van der Waals surface area contributed by atoms with E-state index in [1.807, 2.05) is 12.1 Å². The molecule has 2 aliphatic heterocycles. The van der Waals surface area contributed by atoms with Crippen LogP contribution in [0.5, 0.6) is 5.75 Å². The Kier molecular flexibility index (Phi) is 3.50. The van der Waals surface area contributed by atoms with Gasteiger partial charge < -0.3 is 9.84 Å². The van der Waals surface area contributed by atoms with Crippen molar-refractivity contribution in [2.24, 2.45) is 5.92 Å². The molecule has 0 aromatic heterocycles. The van der Waals surface area contributed by atoms with Crippen molar-refractivity contribution in [3.63, 3.8) is 0 Å². The van der Waals surface area contributed by atoms with Gasteiger partial charge in [-0.25, -0.2) is 0 Å². The summed E-state index contributed by atoms with van der Waals surface area (Å²) in [5.74, 6) is 1.66. The molecule has 2 atom stereocenters. The second-order valence-electron chi connectivity index (χ2n) is 6.08. The lowest BCUT2D eigenvalue weighted by molar-refractivity contribution is -0.00976. The summed E-state index contributed by atoms with van der Waals surface area (Å²) in [5, 5.41) is 10.6. The van der Waals surface area contributed by atoms with Crippen LogP contribution in [0.1, 0.15) is 37.0 Å². The molecule has 2 heterocycles. The summed E-state index contributed by atoms with van der Waals surface area (Å²) in [6, 6.07) is 6.18. The normalized spacial score (nSPS) is 28.8. The van der Waals surface area contributed by atoms with Crippen molar-refractivity contribution < 1.29 is 9.84 Å². The van der Waals surface area contributed by atoms with E-state index in [1.165, 1.54) is 18.4 Å². The molecule has 3 nitrogen and oxygen atoms in total. The fourth-order valence-electron chi connectivity index (χ4n) is 3.17. The number of aliphatic hydroxyl groups is 1. The highest BCUT2D eigenvalue weighted by Gasteiger charge is 2.34. The number of fused-ring (bicyclic) bond motifs is 1. The quantitative estimate of drug-likeness (QED) is 0.843. The Bertz CT molecular complexity index is 452. The lowest BCUT2D eigenvalue weighted by atomic mass is 9.92. The molecule has 0 amide bonds. The Hall–Kier alpha value is -1.06. The predicted molar refractivity (Wildman–Crippen MR) is 75.4 cm³/mol. The Balaban J connectivity index is 1.79. The number of aryl methyl sites for hydroxylation is 1. The van der Waals surface area contributed by atoms with Gasteiger partial charge in [-0.05, 0) is 50.9 Å². The van der Waals surface area contributed by atoms with Gasteiger partial charge in [0, 0.05) is 5.56 Å². The molecule has 1 fully saturated rings. The van der Waals surface area contributed by atoms with Gasteiger partial charge in [0.15, 0.2) is 0 Å². The molecule has 1 N–H and O–H groups in total. The third-order valence-electron chi connectivity index (χ3n) is 4.55. The van der Waals surface area contributed by atoms with Crippen molar-refractivity contribution in [2.75, 3.05) is 19.7 Å². The van der Waals surface area contributed by atoms with Crippen LogP contribution in [0.25, 0.3) is 0 Å². The minimum Gasteiger partial charge on any atom is -0.491 e. The lowest BCUT2D eigenvalue weighted by Gasteiger charge is -2.41. The summed E-state index contributed by atoms with van der Waals surface area (Å²) in [5.41, 5.74) is 2.13. The van der Waals surface area contributed by atoms with Crippen LogP contribution in [0, 0.1) is 12.8 Å². The predicted octanol–water partition coefficient (Wildman–Crippen LogP) is 2.52. The molecule has 104 valence electrons. The van der Waals surface area contributed by atoms with Gasteiger partial charge >= 0.3 is 0 Å². The molecule has 3 rings (SSSR count). The molecule has 2 unspecified atom stereocenters. The first-order valence-corrected chi connectivity index (χ1v) is 7.30. The number of hydrogen-bond donors (Lipinski definition) is 1. The molecule has 0 bridgehead atoms. The Morgan fingerprint density at radius 2 is 2.00 bits per heavy atom. The SMILES string of the molecule is Cc1ccc2c(c1)C(O)C(N1CCC(C)CC1)CO2. The number of aliphatic hydroxyl groups excluding tert-OH is 1. The molecular weight excluding hydrogens is 238 g/mol. The number of ether oxygens (including phenoxy) is 1. The highest BCUT2D eigenvalue weighted by Crippen LogP contribution is 2.36. The third-order valence-corrected chi connectivity index (χ3v) is 4.55. The zero-order valence-corrected chi connectivity index (χ0v) is 11.8. The van der Waals surface area contributed by atoms with Gasteiger partial charge in [0.25, 0.3) is 0 Å². The van der Waals surface area contributed by atoms with Gasteiger partial charge in [-0.3, -0.25) is 4.90 Å². The van der Waals surface area contributed by atoms with Gasteiger partial charge in [-0.1, -0.05) is 18.6 Å². The molecule has 3 heteroatoms. The highest BCUT2D eigenvalue weighted by atomic mass is 16.5. The first kappa shape index (κ1) is 12.9. The van der Waals surface area contributed by atoms with Crippen molar-refractivity contribution in [2.45, 2.75) is 38.8 Å². The van der Waals surface area contributed by atoms with Crippen LogP contribution in [-0.2, 0) is 0 Å². The van der Waals surface area contributed by atoms with E-state index in [0.29, 0.717) is 6.61 Å². The van der Waals surface area contributed by atoms with E-state index in [9.17, 15) is 5.11 Å². The monoisotopic (exact) mass is 261 g/mol. The molecule has 0 aliphatic carbocycles. The second-order valence-corrected chi connectivity index (χ2v) is 6.08. The summed E-state index contributed by atoms with van der Waals surface area (Å²) < 4.78 is 5.84. The molecule has 1 saturated heterocycles. The van der Waals surface area contributed by atoms with E-state index in [2.05, 4.69) is 24.8 Å². The van der Waals surface area contributed by atoms with E-state index >= 15 is 0 Å². The summed E-state index contributed by atoms with van der Waals surface area (Å²) in [6.45, 7) is 7.12. The van der Waals surface area contributed by atoms with Gasteiger partial charge in [0.1, 0.15) is 18.5 Å². The maximum Gasteiger partial charge on any atom is 0.125 e. The standard InChI is InChI=1S/C16H23NO2/c1-11-5-7-17(8-6-11)14-10-19-15-4-3-12(2)9-13(15)16(14)18/h3-4,9,11,14,16,18H,5-8,10H2,1-2H3. The average Bonchev–Trinajstić information content (AvgIpc) is 2.41. The summed E-state index contributed by atoms with van der Waals surface area (Å²) in [6.07, 6.45) is 2.03. The number of likely N-dealkylation sites (tertiary alicyclic amines) is 1. The van der Waals surface area contributed by atoms with Gasteiger partial charge in [0.2, 0.25) is 0 Å². The van der Waals surface area contributed by atoms with Gasteiger partial charge in [-0.2, -0.15) is 0 Å². The van der Waals surface area contributed by atoms with Gasteiger partial charge in [-0.15, -0.1) is 0 Å². The molecule has 2 aliphatic rings. The Morgan fingerprint density at radius 3 is 2.74 bits per heavy atom. The van der Waals surface area contributed by atoms with E-state index in [0.717, 1.165) is 30.3 Å². The second kappa shape index (κ2) is 5.14. The lowest BCUT2D eigenvalue weighted by Crippen LogP contribution is -2.49. The summed E-state index contributed by atoms with van der Waals surface area (Å²) in [7, 11) is 0. The molecule has 1 aromatic carbocycles. The minimum absolute atomic E-state index is 0.113. The largest absolute Gasteiger partial charge is 0.491 e. The number of piperidine rings is 1. The molecule has 0 saturated carbocycles. The van der Waals surface area contributed by atoms with Crippen LogP contribution in [0.2, 0.25) is 0 Å². The zero-order valence-electron chi connectivity index (χ0n) is 11.8. The van der Waals surface area contributed by atoms with Crippen molar-refractivity contribution in [3.8, 4) is 5.75 Å². The maximum absolute atomic E-state index is 10.6. The van der Waals surface area contributed by atoms with Crippen LogP contribution in [-0.4, -0.2) is 35.7 Å². The summed E-state index contributed by atoms with van der Waals surface area (Å²) in [4.78, 5) is 2.40. The first-order valence-electron chi connectivity index (χ1n) is 7.30. The summed E-state index contributed by atoms with van der Waals surface area (Å²) >= 11 is 0. The molecule has 1 aromatic rings. The molecule has 0 radical (unpaired) electrons. The number of nitrogens with zero attached hydrogens (tertiary/aromatic N) is 1. The van der Waals surface area contributed by atoms with Crippen molar-refractivity contribution in [1.82, 2.24) is 4.90 Å². The van der Waals surface area contributed by atoms with Crippen molar-refractivity contribution >= 4 is 0 Å². The first-order chi connectivity index (χ1) is 9.15. The van der Waals surface area contributed by atoms with E-state index < -0.39 is 6.10 Å². The third kappa shape index (κ3) is 2.49. The van der Waals surface area contributed by atoms with Crippen LogP contribution >= 0.6 is 0 Å². The molecular formula is C16H23NO2. The van der Waals surface area contributed by atoms with E-state index in [1.54, 1.807) is 0 Å². The number of rotatable bonds is 1. The molecule has 19 heavy (non-hydrogen) atoms. The van der Waals surface area contributed by atoms with Crippen molar-refractivity contribution in [1.29, 1.82) is 0 Å². The van der Waals surface area contributed by atoms with Crippen LogP contribution < -0.4 is 4.74 Å². The maximum atomic E-state index is 10.6. The minimum atomic E-state index is -0.419. The molecule has 0 spiro atoms. The van der Waals surface area contributed by atoms with Gasteiger partial charge in [0.05, 0.1) is 6.04 Å². The topological polar surface area (TPSA) is 32.7 Å². The van der Waals surface area contributed by atoms with E-state index in [4.69, 9.17) is 4.74 Å². The average molecular weight is 261 g/mol. The fourth-order valence-corrected chi connectivity index (χ4v) is 3.17. The Morgan fingerprint density at radius 1 is 1.26 bits per heavy atom. The highest BCUT2D eigenvalue weighted by molar-refractivity contribution is 5.40. The Labute approximate surface area is 115 Å². The zero-order chi connectivity index (χ0) is 13.4. The number of benzene rings is 1. The van der Waals surface area contributed by atoms with Crippen molar-refractivity contribution in [3.05, 3.63) is 29.3 Å². The van der Waals surface area contributed by atoms with E-state index in [-0.39, 0.29) is 6.04 Å². The van der Waals surface area contributed by atoms with Crippen LogP contribution in [0.4, 0.5) is 0 Å². The fraction of sp³-hybridized carbons (Fsp3) is 0.625.